The minimum atomic E-state index is -0.594. The molecule has 1 aromatic carbocycles. The Bertz CT molecular complexity index is 737. The van der Waals surface area contributed by atoms with Gasteiger partial charge in [-0.3, -0.25) is 9.48 Å². The van der Waals surface area contributed by atoms with Crippen LogP contribution in [0, 0.1) is 0 Å². The van der Waals surface area contributed by atoms with Gasteiger partial charge in [0, 0.05) is 31.3 Å². The smallest absolute Gasteiger partial charge is 0.264 e. The molecule has 1 N–H and O–H groups in total. The van der Waals surface area contributed by atoms with Gasteiger partial charge in [-0.25, -0.2) is 0 Å². The van der Waals surface area contributed by atoms with Crippen LogP contribution in [0.4, 0.5) is 0 Å². The molecule has 7 nitrogen and oxygen atoms in total. The van der Waals surface area contributed by atoms with Crippen molar-refractivity contribution in [2.24, 2.45) is 5.16 Å². The Balaban J connectivity index is 1.52. The predicted molar refractivity (Wildman–Crippen MR) is 88.8 cm³/mol. The number of hydrogen-bond acceptors (Lipinski definition) is 5. The summed E-state index contributed by atoms with van der Waals surface area (Å²) in [6.07, 6.45) is 3.52. The lowest BCUT2D eigenvalue weighted by Gasteiger charge is -2.08. The summed E-state index contributed by atoms with van der Waals surface area (Å²) in [6.45, 7) is 3.25. The molecular weight excluding hydrogens is 308 g/mol. The summed E-state index contributed by atoms with van der Waals surface area (Å²) >= 11 is 0. The third-order valence-corrected chi connectivity index (χ3v) is 3.86. The highest BCUT2D eigenvalue weighted by Crippen LogP contribution is 2.19. The molecule has 1 aromatic heterocycles. The fourth-order valence-corrected chi connectivity index (χ4v) is 2.45. The largest absolute Gasteiger partial charge is 0.497 e. The topological polar surface area (TPSA) is 77.7 Å². The Morgan fingerprint density at radius 1 is 1.42 bits per heavy atom. The zero-order valence-electron chi connectivity index (χ0n) is 13.7. The van der Waals surface area contributed by atoms with Crippen molar-refractivity contribution >= 4 is 11.6 Å². The second-order valence-corrected chi connectivity index (χ2v) is 5.49. The van der Waals surface area contributed by atoms with Gasteiger partial charge in [0.05, 0.1) is 19.0 Å². The molecule has 1 aliphatic heterocycles. The first-order chi connectivity index (χ1) is 11.7. The van der Waals surface area contributed by atoms with E-state index in [9.17, 15) is 4.79 Å². The monoisotopic (exact) mass is 328 g/mol. The van der Waals surface area contributed by atoms with Gasteiger partial charge in [0.15, 0.2) is 0 Å². The molecule has 0 radical (unpaired) electrons. The highest BCUT2D eigenvalue weighted by molar-refractivity contribution is 6.04. The fourth-order valence-electron chi connectivity index (χ4n) is 2.45. The van der Waals surface area contributed by atoms with Crippen LogP contribution in [0.5, 0.6) is 5.75 Å². The molecular formula is C17H20N4O3. The highest BCUT2D eigenvalue weighted by Gasteiger charge is 2.28. The van der Waals surface area contributed by atoms with Crippen LogP contribution in [0.25, 0.3) is 0 Å². The molecule has 3 rings (SSSR count). The van der Waals surface area contributed by atoms with E-state index in [0.717, 1.165) is 29.1 Å². The van der Waals surface area contributed by atoms with Crippen LogP contribution in [-0.2, 0) is 22.7 Å². The standard InChI is InChI=1S/C17H20N4O3/c1-3-21-11-12(10-19-21)9-18-17(22)16-8-15(20-24-16)13-4-6-14(23-2)7-5-13/h4-7,10-11,16H,3,8-9H2,1-2H3,(H,18,22). The molecule has 126 valence electrons. The Hall–Kier alpha value is -2.83. The highest BCUT2D eigenvalue weighted by atomic mass is 16.6. The molecule has 2 heterocycles. The quantitative estimate of drug-likeness (QED) is 0.876. The summed E-state index contributed by atoms with van der Waals surface area (Å²) in [5.41, 5.74) is 2.64. The van der Waals surface area contributed by atoms with E-state index >= 15 is 0 Å². The number of carbonyl (C=O) groups excluding carboxylic acids is 1. The average Bonchev–Trinajstić information content (AvgIpc) is 3.29. The summed E-state index contributed by atoms with van der Waals surface area (Å²) in [4.78, 5) is 17.5. The fraction of sp³-hybridized carbons (Fsp3) is 0.353. The molecule has 0 saturated carbocycles. The Morgan fingerprint density at radius 2 is 2.21 bits per heavy atom. The Kier molecular flexibility index (Phi) is 4.79. The second kappa shape index (κ2) is 7.16. The molecule has 1 unspecified atom stereocenters. The number of rotatable bonds is 6. The van der Waals surface area contributed by atoms with Crippen molar-refractivity contribution in [1.29, 1.82) is 0 Å². The SMILES string of the molecule is CCn1cc(CNC(=O)C2CC(c3ccc(OC)cc3)=NO2)cn1. The maximum atomic E-state index is 12.2. The number of oxime groups is 1. The van der Waals surface area contributed by atoms with Crippen LogP contribution in [0.1, 0.15) is 24.5 Å². The lowest BCUT2D eigenvalue weighted by molar-refractivity contribution is -0.131. The molecule has 1 aliphatic rings. The van der Waals surface area contributed by atoms with Gasteiger partial charge in [0.25, 0.3) is 5.91 Å². The molecule has 0 spiro atoms. The van der Waals surface area contributed by atoms with Crippen LogP contribution < -0.4 is 10.1 Å². The lowest BCUT2D eigenvalue weighted by Crippen LogP contribution is -2.34. The molecule has 24 heavy (non-hydrogen) atoms. The number of ether oxygens (including phenoxy) is 1. The number of nitrogens with one attached hydrogen (secondary N) is 1. The number of benzene rings is 1. The molecule has 0 saturated heterocycles. The lowest BCUT2D eigenvalue weighted by atomic mass is 10.0. The number of aryl methyl sites for hydroxylation is 1. The van der Waals surface area contributed by atoms with Crippen molar-refractivity contribution in [3.05, 3.63) is 47.8 Å². The van der Waals surface area contributed by atoms with Gasteiger partial charge >= 0.3 is 0 Å². The molecule has 2 aromatic rings. The summed E-state index contributed by atoms with van der Waals surface area (Å²) in [5.74, 6) is 0.603. The molecule has 7 heteroatoms. The molecule has 0 aliphatic carbocycles. The number of nitrogens with zero attached hydrogens (tertiary/aromatic N) is 3. The van der Waals surface area contributed by atoms with Crippen LogP contribution >= 0.6 is 0 Å². The maximum absolute atomic E-state index is 12.2. The molecule has 1 amide bonds. The van der Waals surface area contributed by atoms with Crippen molar-refractivity contribution in [2.45, 2.75) is 32.5 Å². The van der Waals surface area contributed by atoms with Gasteiger partial charge in [-0.1, -0.05) is 5.16 Å². The first kappa shape index (κ1) is 16.0. The van der Waals surface area contributed by atoms with Crippen molar-refractivity contribution in [2.75, 3.05) is 7.11 Å². The zero-order valence-corrected chi connectivity index (χ0v) is 13.7. The first-order valence-corrected chi connectivity index (χ1v) is 7.85. The Labute approximate surface area is 140 Å². The van der Waals surface area contributed by atoms with E-state index in [2.05, 4.69) is 15.6 Å². The van der Waals surface area contributed by atoms with E-state index in [4.69, 9.17) is 9.57 Å². The van der Waals surface area contributed by atoms with E-state index in [1.54, 1.807) is 13.3 Å². The van der Waals surface area contributed by atoms with Gasteiger partial charge in [0.2, 0.25) is 6.10 Å². The number of aromatic nitrogens is 2. The number of methoxy groups -OCH3 is 1. The number of hydrogen-bond donors (Lipinski definition) is 1. The van der Waals surface area contributed by atoms with Crippen molar-refractivity contribution in [3.8, 4) is 5.75 Å². The summed E-state index contributed by atoms with van der Waals surface area (Å²) in [6, 6.07) is 7.52. The normalized spacial score (nSPS) is 16.4. The summed E-state index contributed by atoms with van der Waals surface area (Å²) in [7, 11) is 1.62. The van der Waals surface area contributed by atoms with Crippen LogP contribution in [0.3, 0.4) is 0 Å². The van der Waals surface area contributed by atoms with E-state index in [1.165, 1.54) is 0 Å². The molecule has 0 bridgehead atoms. The van der Waals surface area contributed by atoms with Gasteiger partial charge in [0.1, 0.15) is 5.75 Å². The van der Waals surface area contributed by atoms with Crippen molar-refractivity contribution < 1.29 is 14.4 Å². The zero-order chi connectivity index (χ0) is 16.9. The van der Waals surface area contributed by atoms with Crippen molar-refractivity contribution in [3.63, 3.8) is 0 Å². The van der Waals surface area contributed by atoms with E-state index in [-0.39, 0.29) is 5.91 Å². The van der Waals surface area contributed by atoms with E-state index in [1.807, 2.05) is 42.1 Å². The minimum Gasteiger partial charge on any atom is -0.497 e. The van der Waals surface area contributed by atoms with Crippen molar-refractivity contribution in [1.82, 2.24) is 15.1 Å². The third-order valence-electron chi connectivity index (χ3n) is 3.86. The molecule has 1 atom stereocenters. The van der Waals surface area contributed by atoms with E-state index in [0.29, 0.717) is 13.0 Å². The van der Waals surface area contributed by atoms with E-state index < -0.39 is 6.10 Å². The summed E-state index contributed by atoms with van der Waals surface area (Å²) in [5, 5.41) is 11.1. The maximum Gasteiger partial charge on any atom is 0.264 e. The van der Waals surface area contributed by atoms with Gasteiger partial charge < -0.3 is 14.9 Å². The minimum absolute atomic E-state index is 0.175. The second-order valence-electron chi connectivity index (χ2n) is 5.49. The van der Waals surface area contributed by atoms with Gasteiger partial charge in [-0.2, -0.15) is 5.10 Å². The number of carbonyl (C=O) groups is 1. The first-order valence-electron chi connectivity index (χ1n) is 7.85. The third kappa shape index (κ3) is 3.56. The predicted octanol–water partition coefficient (Wildman–Crippen LogP) is 1.72. The van der Waals surface area contributed by atoms with Crippen LogP contribution in [-0.4, -0.2) is 34.6 Å². The molecule has 0 fully saturated rings. The average molecular weight is 328 g/mol. The van der Waals surface area contributed by atoms with Gasteiger partial charge in [-0.15, -0.1) is 0 Å². The number of amides is 1. The van der Waals surface area contributed by atoms with Crippen LogP contribution in [0.15, 0.2) is 41.8 Å². The van der Waals surface area contributed by atoms with Crippen LogP contribution in [0.2, 0.25) is 0 Å². The Morgan fingerprint density at radius 3 is 2.88 bits per heavy atom. The summed E-state index contributed by atoms with van der Waals surface area (Å²) < 4.78 is 6.95. The van der Waals surface area contributed by atoms with Gasteiger partial charge in [-0.05, 0) is 36.8 Å².